The van der Waals surface area contributed by atoms with Crippen molar-refractivity contribution in [1.29, 1.82) is 0 Å². The van der Waals surface area contributed by atoms with Gasteiger partial charge in [-0.25, -0.2) is 0 Å². The average Bonchev–Trinajstić information content (AvgIpc) is 2.24. The van der Waals surface area contributed by atoms with Crippen molar-refractivity contribution in [3.8, 4) is 0 Å². The summed E-state index contributed by atoms with van der Waals surface area (Å²) in [5.41, 5.74) is -0.334. The van der Waals surface area contributed by atoms with Gasteiger partial charge in [0.05, 0.1) is 12.4 Å². The largest absolute Gasteiger partial charge is 0.299 e. The van der Waals surface area contributed by atoms with Crippen LogP contribution in [0.25, 0.3) is 0 Å². The van der Waals surface area contributed by atoms with Gasteiger partial charge in [0, 0.05) is 11.3 Å². The zero-order chi connectivity index (χ0) is 11.9. The Hall–Kier alpha value is -0.420. The molecule has 1 fully saturated rings. The van der Waals surface area contributed by atoms with Gasteiger partial charge in [0.1, 0.15) is 5.78 Å². The molecule has 0 heterocycles. The summed E-state index contributed by atoms with van der Waals surface area (Å²) in [4.78, 5) is 11.9. The van der Waals surface area contributed by atoms with Crippen LogP contribution in [0.4, 0.5) is 0 Å². The molecule has 0 radical (unpaired) electrons. The highest BCUT2D eigenvalue weighted by Gasteiger charge is 2.43. The second kappa shape index (κ2) is 3.87. The lowest BCUT2D eigenvalue weighted by atomic mass is 9.88. The van der Waals surface area contributed by atoms with Gasteiger partial charge < -0.3 is 0 Å². The number of Topliss-reactive ketones (excluding diaryl/α,β-unsaturated/α-hetero) is 1. The summed E-state index contributed by atoms with van der Waals surface area (Å²) >= 11 is 0. The smallest absolute Gasteiger partial charge is 0.264 e. The summed E-state index contributed by atoms with van der Waals surface area (Å²) in [6, 6.07) is 0. The quantitative estimate of drug-likeness (QED) is 0.692. The van der Waals surface area contributed by atoms with E-state index in [9.17, 15) is 13.2 Å². The van der Waals surface area contributed by atoms with E-state index < -0.39 is 16.2 Å². The lowest BCUT2D eigenvalue weighted by Crippen LogP contribution is -2.31. The second-order valence-corrected chi connectivity index (χ2v) is 6.50. The molecule has 0 bridgehead atoms. The number of carbonyl (C=O) groups excluding carboxylic acids is 1. The van der Waals surface area contributed by atoms with Gasteiger partial charge in [-0.3, -0.25) is 8.98 Å². The van der Waals surface area contributed by atoms with E-state index >= 15 is 0 Å². The molecule has 0 aromatic rings. The van der Waals surface area contributed by atoms with Crippen molar-refractivity contribution >= 4 is 15.9 Å². The third kappa shape index (κ3) is 3.01. The normalized spacial score (nSPS) is 28.0. The van der Waals surface area contributed by atoms with Gasteiger partial charge in [0.25, 0.3) is 10.1 Å². The van der Waals surface area contributed by atoms with E-state index in [0.717, 1.165) is 12.7 Å². The first-order chi connectivity index (χ1) is 6.63. The lowest BCUT2D eigenvalue weighted by molar-refractivity contribution is -0.129. The van der Waals surface area contributed by atoms with Crippen molar-refractivity contribution in [3.63, 3.8) is 0 Å². The molecular formula is C10H18O4S. The predicted molar refractivity (Wildman–Crippen MR) is 56.9 cm³/mol. The van der Waals surface area contributed by atoms with Crippen LogP contribution in [-0.4, -0.2) is 26.6 Å². The zero-order valence-electron chi connectivity index (χ0n) is 9.61. The maximum Gasteiger partial charge on any atom is 0.264 e. The van der Waals surface area contributed by atoms with E-state index in [4.69, 9.17) is 4.18 Å². The first-order valence-corrected chi connectivity index (χ1v) is 6.88. The lowest BCUT2D eigenvalue weighted by Gasteiger charge is -2.20. The van der Waals surface area contributed by atoms with Gasteiger partial charge in [-0.05, 0) is 19.8 Å². The standard InChI is InChI=1S/C10H18O4S/c1-7(14-15(4,12)13)8-5-6-10(2,3)9(8)11/h7-8H,5-6H2,1-4H3. The highest BCUT2D eigenvalue weighted by molar-refractivity contribution is 7.86. The van der Waals surface area contributed by atoms with Crippen LogP contribution in [0.5, 0.6) is 0 Å². The minimum Gasteiger partial charge on any atom is -0.299 e. The summed E-state index contributed by atoms with van der Waals surface area (Å²) in [5, 5.41) is 0. The molecule has 0 aliphatic heterocycles. The summed E-state index contributed by atoms with van der Waals surface area (Å²) < 4.78 is 26.7. The van der Waals surface area contributed by atoms with Gasteiger partial charge in [-0.1, -0.05) is 13.8 Å². The molecule has 5 heteroatoms. The van der Waals surface area contributed by atoms with Crippen molar-refractivity contribution in [3.05, 3.63) is 0 Å². The first-order valence-electron chi connectivity index (χ1n) is 5.06. The Kier molecular flexibility index (Phi) is 3.26. The van der Waals surface area contributed by atoms with Gasteiger partial charge in [0.15, 0.2) is 0 Å². The summed E-state index contributed by atoms with van der Waals surface area (Å²) in [7, 11) is -3.47. The maximum absolute atomic E-state index is 11.9. The Bertz CT molecular complexity index is 356. The number of hydrogen-bond donors (Lipinski definition) is 0. The second-order valence-electron chi connectivity index (χ2n) is 4.90. The predicted octanol–water partition coefficient (Wildman–Crippen LogP) is 1.36. The Labute approximate surface area is 91.1 Å². The van der Waals surface area contributed by atoms with Crippen LogP contribution in [0.3, 0.4) is 0 Å². The molecule has 0 aromatic heterocycles. The van der Waals surface area contributed by atoms with Crippen molar-refractivity contribution in [2.45, 2.75) is 39.7 Å². The topological polar surface area (TPSA) is 60.4 Å². The first kappa shape index (κ1) is 12.6. The van der Waals surface area contributed by atoms with Crippen LogP contribution in [0.15, 0.2) is 0 Å². The van der Waals surface area contributed by atoms with Gasteiger partial charge in [-0.15, -0.1) is 0 Å². The molecule has 0 N–H and O–H groups in total. The highest BCUT2D eigenvalue weighted by atomic mass is 32.2. The fraction of sp³-hybridized carbons (Fsp3) is 0.900. The fourth-order valence-electron chi connectivity index (χ4n) is 2.06. The van der Waals surface area contributed by atoms with Crippen LogP contribution in [-0.2, 0) is 19.1 Å². The molecule has 1 rings (SSSR count). The van der Waals surface area contributed by atoms with Crippen LogP contribution in [0.1, 0.15) is 33.6 Å². The number of carbonyl (C=O) groups is 1. The van der Waals surface area contributed by atoms with Crippen LogP contribution in [0.2, 0.25) is 0 Å². The van der Waals surface area contributed by atoms with Crippen molar-refractivity contribution < 1.29 is 17.4 Å². The molecule has 0 saturated heterocycles. The SMILES string of the molecule is CC(OS(C)(=O)=O)C1CCC(C)(C)C1=O. The summed E-state index contributed by atoms with van der Waals surface area (Å²) in [5.74, 6) is -0.173. The molecule has 88 valence electrons. The van der Waals surface area contributed by atoms with Crippen LogP contribution < -0.4 is 0 Å². The van der Waals surface area contributed by atoms with Crippen molar-refractivity contribution in [2.24, 2.45) is 11.3 Å². The maximum atomic E-state index is 11.9. The van der Waals surface area contributed by atoms with E-state index in [2.05, 4.69) is 0 Å². The minimum absolute atomic E-state index is 0.110. The van der Waals surface area contributed by atoms with Crippen molar-refractivity contribution in [1.82, 2.24) is 0 Å². The molecular weight excluding hydrogens is 216 g/mol. The Morgan fingerprint density at radius 3 is 2.33 bits per heavy atom. The third-order valence-corrected chi connectivity index (χ3v) is 3.63. The van der Waals surface area contributed by atoms with E-state index in [1.54, 1.807) is 6.92 Å². The van der Waals surface area contributed by atoms with E-state index in [0.29, 0.717) is 6.42 Å². The molecule has 1 aliphatic carbocycles. The zero-order valence-corrected chi connectivity index (χ0v) is 10.4. The van der Waals surface area contributed by atoms with E-state index in [-0.39, 0.29) is 17.1 Å². The number of hydrogen-bond acceptors (Lipinski definition) is 4. The number of rotatable bonds is 3. The van der Waals surface area contributed by atoms with Gasteiger partial charge >= 0.3 is 0 Å². The Morgan fingerprint density at radius 1 is 1.47 bits per heavy atom. The summed E-state index contributed by atoms with van der Waals surface area (Å²) in [6.45, 7) is 5.43. The summed E-state index contributed by atoms with van der Waals surface area (Å²) in [6.07, 6.45) is 1.97. The minimum atomic E-state index is -3.47. The highest BCUT2D eigenvalue weighted by Crippen LogP contribution is 2.39. The molecule has 1 aliphatic rings. The molecule has 15 heavy (non-hydrogen) atoms. The van der Waals surface area contributed by atoms with Crippen LogP contribution >= 0.6 is 0 Å². The number of ketones is 1. The van der Waals surface area contributed by atoms with Crippen LogP contribution in [0, 0.1) is 11.3 Å². The van der Waals surface area contributed by atoms with Gasteiger partial charge in [0.2, 0.25) is 0 Å². The molecule has 1 saturated carbocycles. The molecule has 0 amide bonds. The fourth-order valence-corrected chi connectivity index (χ4v) is 2.75. The molecule has 0 aromatic carbocycles. The van der Waals surface area contributed by atoms with Crippen molar-refractivity contribution in [2.75, 3.05) is 6.26 Å². The molecule has 4 nitrogen and oxygen atoms in total. The Morgan fingerprint density at radius 2 is 2.00 bits per heavy atom. The third-order valence-electron chi connectivity index (χ3n) is 2.98. The van der Waals surface area contributed by atoms with E-state index in [1.807, 2.05) is 13.8 Å². The average molecular weight is 234 g/mol. The van der Waals surface area contributed by atoms with E-state index in [1.165, 1.54) is 0 Å². The van der Waals surface area contributed by atoms with Gasteiger partial charge in [-0.2, -0.15) is 8.42 Å². The molecule has 0 spiro atoms. The molecule has 2 atom stereocenters. The molecule has 2 unspecified atom stereocenters. The Balaban J connectivity index is 2.72. The monoisotopic (exact) mass is 234 g/mol.